The van der Waals surface area contributed by atoms with Crippen molar-refractivity contribution in [3.63, 3.8) is 0 Å². The molecule has 1 saturated carbocycles. The topological polar surface area (TPSA) is 81.8 Å². The van der Waals surface area contributed by atoms with Gasteiger partial charge in [0.25, 0.3) is 10.0 Å². The summed E-state index contributed by atoms with van der Waals surface area (Å²) in [6.07, 6.45) is 4.64. The minimum Gasteiger partial charge on any atom is -0.490 e. The fraction of sp³-hybridized carbons (Fsp3) is 0.462. The Morgan fingerprint density at radius 2 is 2.00 bits per heavy atom. The molecule has 0 bridgehead atoms. The van der Waals surface area contributed by atoms with E-state index in [4.69, 9.17) is 10.5 Å². The lowest BCUT2D eigenvalue weighted by Gasteiger charge is -2.20. The Balaban J connectivity index is 1.99. The van der Waals surface area contributed by atoms with Crippen LogP contribution in [-0.4, -0.2) is 20.4 Å². The number of amidine groups is 1. The molecule has 2 aliphatic rings. The molecule has 3 rings (SSSR count). The quantitative estimate of drug-likeness (QED) is 0.891. The standard InChI is InChI=1S/C13H16N2O3S/c14-13-12-9(8-19(16,17)15-13)4-3-7-11(12)18-10-5-1-2-6-10/h3-4,7,10H,1-2,5-6,8H2,(H2,14,15). The Labute approximate surface area is 112 Å². The van der Waals surface area contributed by atoms with Crippen LogP contribution in [0.5, 0.6) is 5.75 Å². The van der Waals surface area contributed by atoms with Gasteiger partial charge >= 0.3 is 0 Å². The molecule has 6 heteroatoms. The Morgan fingerprint density at radius 1 is 1.26 bits per heavy atom. The van der Waals surface area contributed by atoms with E-state index in [0.717, 1.165) is 12.8 Å². The smallest absolute Gasteiger partial charge is 0.259 e. The molecule has 19 heavy (non-hydrogen) atoms. The van der Waals surface area contributed by atoms with Crippen molar-refractivity contribution < 1.29 is 13.2 Å². The SMILES string of the molecule is NC1=NS(=O)(=O)Cc2cccc(OC3CCCC3)c21. The van der Waals surface area contributed by atoms with Crippen molar-refractivity contribution in [2.75, 3.05) is 0 Å². The molecule has 0 unspecified atom stereocenters. The first-order valence-corrected chi connectivity index (χ1v) is 8.03. The number of benzene rings is 1. The van der Waals surface area contributed by atoms with E-state index in [-0.39, 0.29) is 17.7 Å². The summed E-state index contributed by atoms with van der Waals surface area (Å²) in [5.41, 5.74) is 7.10. The van der Waals surface area contributed by atoms with E-state index < -0.39 is 10.0 Å². The molecule has 1 heterocycles. The van der Waals surface area contributed by atoms with Gasteiger partial charge in [-0.15, -0.1) is 4.40 Å². The molecule has 2 N–H and O–H groups in total. The van der Waals surface area contributed by atoms with Crippen LogP contribution in [0.3, 0.4) is 0 Å². The summed E-state index contributed by atoms with van der Waals surface area (Å²) in [7, 11) is -3.48. The lowest BCUT2D eigenvalue weighted by molar-refractivity contribution is 0.209. The maximum absolute atomic E-state index is 11.6. The number of nitrogens with two attached hydrogens (primary N) is 1. The highest BCUT2D eigenvalue weighted by atomic mass is 32.2. The molecular weight excluding hydrogens is 264 g/mol. The molecule has 102 valence electrons. The fourth-order valence-electron chi connectivity index (χ4n) is 2.70. The normalized spacial score (nSPS) is 21.8. The molecule has 1 fully saturated rings. The second-order valence-corrected chi connectivity index (χ2v) is 6.65. The van der Waals surface area contributed by atoms with Crippen molar-refractivity contribution in [2.45, 2.75) is 37.5 Å². The first-order valence-electron chi connectivity index (χ1n) is 6.42. The average Bonchev–Trinajstić information content (AvgIpc) is 2.79. The molecule has 0 aromatic heterocycles. The zero-order valence-electron chi connectivity index (χ0n) is 10.5. The number of nitrogens with zero attached hydrogens (tertiary/aromatic N) is 1. The Hall–Kier alpha value is -1.56. The molecule has 0 radical (unpaired) electrons. The van der Waals surface area contributed by atoms with Gasteiger partial charge in [0, 0.05) is 0 Å². The molecule has 1 aliphatic heterocycles. The third-order valence-corrected chi connectivity index (χ3v) is 4.69. The van der Waals surface area contributed by atoms with Crippen molar-refractivity contribution >= 4 is 15.9 Å². The van der Waals surface area contributed by atoms with Crippen LogP contribution in [0.15, 0.2) is 22.6 Å². The van der Waals surface area contributed by atoms with Gasteiger partial charge in [-0.1, -0.05) is 12.1 Å². The van der Waals surface area contributed by atoms with E-state index >= 15 is 0 Å². The molecule has 1 aliphatic carbocycles. The van der Waals surface area contributed by atoms with Crippen LogP contribution in [0.4, 0.5) is 0 Å². The van der Waals surface area contributed by atoms with Crippen LogP contribution < -0.4 is 10.5 Å². The first kappa shape index (κ1) is 12.5. The first-order chi connectivity index (χ1) is 9.05. The van der Waals surface area contributed by atoms with Gasteiger partial charge in [-0.2, -0.15) is 0 Å². The fourth-order valence-corrected chi connectivity index (χ4v) is 3.78. The van der Waals surface area contributed by atoms with Crippen molar-refractivity contribution in [3.05, 3.63) is 29.3 Å². The summed E-state index contributed by atoms with van der Waals surface area (Å²) in [4.78, 5) is 0. The minimum absolute atomic E-state index is 0.0369. The van der Waals surface area contributed by atoms with Crippen LogP contribution in [-0.2, 0) is 15.8 Å². The third kappa shape index (κ3) is 2.45. The van der Waals surface area contributed by atoms with Crippen LogP contribution in [0.25, 0.3) is 0 Å². The average molecular weight is 280 g/mol. The van der Waals surface area contributed by atoms with Crippen molar-refractivity contribution in [1.29, 1.82) is 0 Å². The number of ether oxygens (including phenoxy) is 1. The Bertz CT molecular complexity index is 631. The van der Waals surface area contributed by atoms with Gasteiger partial charge in [0.2, 0.25) is 0 Å². The lowest BCUT2D eigenvalue weighted by atomic mass is 10.1. The van der Waals surface area contributed by atoms with Crippen molar-refractivity contribution in [1.82, 2.24) is 0 Å². The monoisotopic (exact) mass is 280 g/mol. The van der Waals surface area contributed by atoms with Crippen molar-refractivity contribution in [2.24, 2.45) is 10.1 Å². The molecule has 0 spiro atoms. The van der Waals surface area contributed by atoms with Gasteiger partial charge in [-0.3, -0.25) is 0 Å². The van der Waals surface area contributed by atoms with Gasteiger partial charge in [-0.25, -0.2) is 8.42 Å². The van der Waals surface area contributed by atoms with Crippen molar-refractivity contribution in [3.8, 4) is 5.75 Å². The van der Waals surface area contributed by atoms with Crippen LogP contribution in [0, 0.1) is 0 Å². The summed E-state index contributed by atoms with van der Waals surface area (Å²) in [5.74, 6) is 0.584. The lowest BCUT2D eigenvalue weighted by Crippen LogP contribution is -2.25. The molecule has 0 atom stereocenters. The van der Waals surface area contributed by atoms with Crippen LogP contribution in [0.2, 0.25) is 0 Å². The maximum atomic E-state index is 11.6. The molecular formula is C13H16N2O3S. The minimum atomic E-state index is -3.48. The highest BCUT2D eigenvalue weighted by Crippen LogP contribution is 2.31. The summed E-state index contributed by atoms with van der Waals surface area (Å²) in [6.45, 7) is 0. The van der Waals surface area contributed by atoms with E-state index in [1.54, 1.807) is 12.1 Å². The van der Waals surface area contributed by atoms with E-state index in [1.807, 2.05) is 6.07 Å². The highest BCUT2D eigenvalue weighted by Gasteiger charge is 2.26. The van der Waals surface area contributed by atoms with E-state index in [0.29, 0.717) is 16.9 Å². The highest BCUT2D eigenvalue weighted by molar-refractivity contribution is 7.89. The number of sulfonamides is 1. The predicted octanol–water partition coefficient (Wildman–Crippen LogP) is 1.56. The number of rotatable bonds is 2. The molecule has 0 amide bonds. The Morgan fingerprint density at radius 3 is 2.74 bits per heavy atom. The largest absolute Gasteiger partial charge is 0.490 e. The number of fused-ring (bicyclic) bond motifs is 1. The second-order valence-electron chi connectivity index (χ2n) is 5.02. The van der Waals surface area contributed by atoms with Gasteiger partial charge in [0.05, 0.1) is 17.4 Å². The van der Waals surface area contributed by atoms with E-state index in [2.05, 4.69) is 4.40 Å². The summed E-state index contributed by atoms with van der Waals surface area (Å²) in [6, 6.07) is 5.39. The molecule has 5 nitrogen and oxygen atoms in total. The van der Waals surface area contributed by atoms with Crippen LogP contribution >= 0.6 is 0 Å². The van der Waals surface area contributed by atoms with Gasteiger partial charge in [-0.05, 0) is 37.3 Å². The zero-order valence-corrected chi connectivity index (χ0v) is 11.3. The van der Waals surface area contributed by atoms with Crippen LogP contribution in [0.1, 0.15) is 36.8 Å². The maximum Gasteiger partial charge on any atom is 0.259 e. The number of hydrogen-bond acceptors (Lipinski definition) is 4. The van der Waals surface area contributed by atoms with Gasteiger partial charge in [0.1, 0.15) is 11.6 Å². The molecule has 0 saturated heterocycles. The summed E-state index contributed by atoms with van der Waals surface area (Å²) < 4.78 is 32.7. The van der Waals surface area contributed by atoms with E-state index in [1.165, 1.54) is 12.8 Å². The Kier molecular flexibility index (Phi) is 2.97. The predicted molar refractivity (Wildman–Crippen MR) is 72.7 cm³/mol. The summed E-state index contributed by atoms with van der Waals surface area (Å²) >= 11 is 0. The van der Waals surface area contributed by atoms with E-state index in [9.17, 15) is 8.42 Å². The second kappa shape index (κ2) is 4.52. The molecule has 1 aromatic rings. The number of hydrogen-bond donors (Lipinski definition) is 1. The zero-order chi connectivity index (χ0) is 13.5. The molecule has 1 aromatic carbocycles. The van der Waals surface area contributed by atoms with Gasteiger partial charge in [0.15, 0.2) is 0 Å². The van der Waals surface area contributed by atoms with Gasteiger partial charge < -0.3 is 10.5 Å². The third-order valence-electron chi connectivity index (χ3n) is 3.54. The summed E-state index contributed by atoms with van der Waals surface area (Å²) in [5, 5.41) is 0.